The largest absolute Gasteiger partial charge is 0.497 e. The highest BCUT2D eigenvalue weighted by Crippen LogP contribution is 2.30. The number of rotatable bonds is 7. The van der Waals surface area contributed by atoms with E-state index in [1.807, 2.05) is 81.4 Å². The lowest BCUT2D eigenvalue weighted by Gasteiger charge is -2.25. The summed E-state index contributed by atoms with van der Waals surface area (Å²) in [6.45, 7) is 5.80. The van der Waals surface area contributed by atoms with E-state index in [0.29, 0.717) is 10.7 Å². The third kappa shape index (κ3) is 5.52. The molecule has 0 aliphatic heterocycles. The summed E-state index contributed by atoms with van der Waals surface area (Å²) >= 11 is 1.40. The molecule has 8 heteroatoms. The maximum atomic E-state index is 12.8. The zero-order chi connectivity index (χ0) is 24.3. The highest BCUT2D eigenvalue weighted by Gasteiger charge is 2.25. The van der Waals surface area contributed by atoms with E-state index in [4.69, 9.17) is 4.74 Å². The first-order valence-electron chi connectivity index (χ1n) is 10.8. The Labute approximate surface area is 206 Å². The first-order chi connectivity index (χ1) is 16.2. The number of hydrogen-bond acceptors (Lipinski definition) is 5. The number of carbonyl (C=O) groups is 1. The minimum atomic E-state index is -1.26. The van der Waals surface area contributed by atoms with Gasteiger partial charge < -0.3 is 4.74 Å². The molecular formula is C26H27N3O3S2. The topological polar surface area (TPSA) is 80.3 Å². The summed E-state index contributed by atoms with van der Waals surface area (Å²) in [5, 5.41) is 3.41. The van der Waals surface area contributed by atoms with Gasteiger partial charge in [0.2, 0.25) is 0 Å². The summed E-state index contributed by atoms with van der Waals surface area (Å²) in [4.78, 5) is 17.3. The molecule has 0 spiro atoms. The number of aromatic nitrogens is 1. The first-order valence-corrected chi connectivity index (χ1v) is 12.8. The van der Waals surface area contributed by atoms with Gasteiger partial charge in [-0.1, -0.05) is 53.8 Å². The summed E-state index contributed by atoms with van der Waals surface area (Å²) in [7, 11) is 0.354. The summed E-state index contributed by atoms with van der Waals surface area (Å²) < 4.78 is 21.9. The van der Waals surface area contributed by atoms with Crippen LogP contribution in [0, 0.1) is 0 Å². The molecule has 1 aromatic heterocycles. The van der Waals surface area contributed by atoms with Gasteiger partial charge >= 0.3 is 0 Å². The van der Waals surface area contributed by atoms with Gasteiger partial charge in [-0.05, 0) is 62.2 Å². The highest BCUT2D eigenvalue weighted by atomic mass is 32.2. The van der Waals surface area contributed by atoms with E-state index in [2.05, 4.69) is 15.0 Å². The standard InChI is InChI=1S/C26H27N3O3S2/c1-26(2,3)34(31)29-23(17-8-6-5-7-9-17)18-10-12-19(13-11-18)24(30)28-25-27-21-15-14-20(32-4)16-22(21)33-25/h5-16,23,29H,1-4H3,(H,27,28,30)/t23-,34?/m1/s1. The number of amides is 1. The number of ether oxygens (including phenoxy) is 1. The van der Waals surface area contributed by atoms with Crippen LogP contribution in [0.5, 0.6) is 5.75 Å². The minimum absolute atomic E-state index is 0.236. The second-order valence-electron chi connectivity index (χ2n) is 8.77. The number of methoxy groups -OCH3 is 1. The van der Waals surface area contributed by atoms with Crippen LogP contribution in [0.2, 0.25) is 0 Å². The monoisotopic (exact) mass is 493 g/mol. The predicted molar refractivity (Wildman–Crippen MR) is 140 cm³/mol. The van der Waals surface area contributed by atoms with Crippen LogP contribution in [0.4, 0.5) is 5.13 Å². The summed E-state index contributed by atoms with van der Waals surface area (Å²) in [5.41, 5.74) is 3.25. The van der Waals surface area contributed by atoms with E-state index in [-0.39, 0.29) is 11.9 Å². The Morgan fingerprint density at radius 1 is 1.00 bits per heavy atom. The number of nitrogens with zero attached hydrogens (tertiary/aromatic N) is 1. The van der Waals surface area contributed by atoms with Crippen LogP contribution in [0.3, 0.4) is 0 Å². The average molecular weight is 494 g/mol. The Morgan fingerprint density at radius 3 is 2.32 bits per heavy atom. The van der Waals surface area contributed by atoms with Crippen molar-refractivity contribution in [2.75, 3.05) is 12.4 Å². The van der Waals surface area contributed by atoms with Gasteiger partial charge in [0.15, 0.2) is 5.13 Å². The number of carbonyl (C=O) groups excluding carboxylic acids is 1. The van der Waals surface area contributed by atoms with E-state index in [1.165, 1.54) is 11.3 Å². The Balaban J connectivity index is 1.54. The third-order valence-corrected chi connectivity index (χ3v) is 7.73. The molecular weight excluding hydrogens is 466 g/mol. The highest BCUT2D eigenvalue weighted by molar-refractivity contribution is 7.84. The molecule has 34 heavy (non-hydrogen) atoms. The van der Waals surface area contributed by atoms with Gasteiger partial charge in [-0.15, -0.1) is 0 Å². The van der Waals surface area contributed by atoms with Crippen LogP contribution >= 0.6 is 11.3 Å². The molecule has 0 aliphatic carbocycles. The van der Waals surface area contributed by atoms with Crippen molar-refractivity contribution in [3.8, 4) is 5.75 Å². The Hall–Kier alpha value is -3.07. The van der Waals surface area contributed by atoms with E-state index in [1.54, 1.807) is 19.2 Å². The fraction of sp³-hybridized carbons (Fsp3) is 0.231. The average Bonchev–Trinajstić information content (AvgIpc) is 3.23. The Bertz CT molecular complexity index is 1310. The molecule has 176 valence electrons. The lowest BCUT2D eigenvalue weighted by molar-refractivity contribution is 0.102. The second kappa shape index (κ2) is 10.0. The van der Waals surface area contributed by atoms with Crippen molar-refractivity contribution in [2.45, 2.75) is 31.6 Å². The van der Waals surface area contributed by atoms with Crippen LogP contribution in [-0.2, 0) is 11.0 Å². The molecule has 0 fully saturated rings. The first kappa shape index (κ1) is 24.1. The molecule has 1 heterocycles. The molecule has 0 aliphatic rings. The smallest absolute Gasteiger partial charge is 0.257 e. The van der Waals surface area contributed by atoms with E-state index in [0.717, 1.165) is 27.1 Å². The van der Waals surface area contributed by atoms with Crippen molar-refractivity contribution in [3.05, 3.63) is 89.5 Å². The van der Waals surface area contributed by atoms with E-state index < -0.39 is 15.7 Å². The van der Waals surface area contributed by atoms with Crippen molar-refractivity contribution >= 4 is 43.6 Å². The SMILES string of the molecule is COc1ccc2nc(NC(=O)c3ccc([C@H](NS(=O)C(C)(C)C)c4ccccc4)cc3)sc2c1. The summed E-state index contributed by atoms with van der Waals surface area (Å²) in [6, 6.07) is 22.5. The van der Waals surface area contributed by atoms with Crippen LogP contribution in [-0.4, -0.2) is 27.0 Å². The van der Waals surface area contributed by atoms with Gasteiger partial charge in [0.25, 0.3) is 5.91 Å². The van der Waals surface area contributed by atoms with Crippen LogP contribution in [0.1, 0.15) is 48.3 Å². The zero-order valence-electron chi connectivity index (χ0n) is 19.5. The molecule has 4 aromatic rings. The molecule has 1 amide bonds. The predicted octanol–water partition coefficient (Wildman–Crippen LogP) is 5.70. The summed E-state index contributed by atoms with van der Waals surface area (Å²) in [6.07, 6.45) is 0. The molecule has 1 unspecified atom stereocenters. The second-order valence-corrected chi connectivity index (χ2v) is 11.8. The lowest BCUT2D eigenvalue weighted by Crippen LogP contribution is -2.36. The Kier molecular flexibility index (Phi) is 7.11. The van der Waals surface area contributed by atoms with E-state index >= 15 is 0 Å². The molecule has 0 saturated heterocycles. The number of hydrogen-bond donors (Lipinski definition) is 2. The van der Waals surface area contributed by atoms with Crippen molar-refractivity contribution in [3.63, 3.8) is 0 Å². The normalized spacial score (nSPS) is 13.4. The number of fused-ring (bicyclic) bond motifs is 1. The van der Waals surface area contributed by atoms with Crippen molar-refractivity contribution in [1.29, 1.82) is 0 Å². The van der Waals surface area contributed by atoms with Crippen molar-refractivity contribution in [2.24, 2.45) is 0 Å². The van der Waals surface area contributed by atoms with Crippen molar-refractivity contribution < 1.29 is 13.7 Å². The van der Waals surface area contributed by atoms with Gasteiger partial charge in [-0.3, -0.25) is 10.1 Å². The van der Waals surface area contributed by atoms with Crippen molar-refractivity contribution in [1.82, 2.24) is 9.71 Å². The van der Waals surface area contributed by atoms with Crippen LogP contribution in [0.25, 0.3) is 10.2 Å². The van der Waals surface area contributed by atoms with Gasteiger partial charge in [0.05, 0.1) is 39.1 Å². The van der Waals surface area contributed by atoms with Gasteiger partial charge in [0, 0.05) is 5.56 Å². The van der Waals surface area contributed by atoms with Gasteiger partial charge in [-0.25, -0.2) is 13.9 Å². The minimum Gasteiger partial charge on any atom is -0.497 e. The maximum Gasteiger partial charge on any atom is 0.257 e. The fourth-order valence-corrected chi connectivity index (χ4v) is 5.07. The molecule has 0 bridgehead atoms. The molecule has 0 radical (unpaired) electrons. The molecule has 0 saturated carbocycles. The Morgan fingerprint density at radius 2 is 1.68 bits per heavy atom. The molecule has 4 rings (SSSR count). The maximum absolute atomic E-state index is 12.8. The number of thiazole rings is 1. The summed E-state index contributed by atoms with van der Waals surface area (Å²) in [5.74, 6) is 0.513. The van der Waals surface area contributed by atoms with Gasteiger partial charge in [-0.2, -0.15) is 0 Å². The molecule has 3 aromatic carbocycles. The zero-order valence-corrected chi connectivity index (χ0v) is 21.1. The lowest BCUT2D eigenvalue weighted by atomic mass is 9.98. The van der Waals surface area contributed by atoms with E-state index in [9.17, 15) is 9.00 Å². The molecule has 2 atom stereocenters. The number of benzene rings is 3. The van der Waals surface area contributed by atoms with Crippen LogP contribution in [0.15, 0.2) is 72.8 Å². The number of anilines is 1. The quantitative estimate of drug-likeness (QED) is 0.346. The van der Waals surface area contributed by atoms with Crippen LogP contribution < -0.4 is 14.8 Å². The van der Waals surface area contributed by atoms with Gasteiger partial charge in [0.1, 0.15) is 5.75 Å². The number of nitrogens with one attached hydrogen (secondary N) is 2. The fourth-order valence-electron chi connectivity index (χ4n) is 3.34. The molecule has 2 N–H and O–H groups in total. The third-order valence-electron chi connectivity index (χ3n) is 5.24. The molecule has 6 nitrogen and oxygen atoms in total.